The number of aryl methyl sites for hydroxylation is 1. The number of nitrogens with one attached hydrogen (secondary N) is 1. The second-order valence-corrected chi connectivity index (χ2v) is 4.49. The van der Waals surface area contributed by atoms with Gasteiger partial charge in [-0.2, -0.15) is 0 Å². The van der Waals surface area contributed by atoms with Crippen molar-refractivity contribution in [3.63, 3.8) is 0 Å². The monoisotopic (exact) mass is 275 g/mol. The summed E-state index contributed by atoms with van der Waals surface area (Å²) in [5, 5.41) is 1.20. The Hall–Kier alpha value is -1.55. The highest BCUT2D eigenvalue weighted by molar-refractivity contribution is 9.10. The summed E-state index contributed by atoms with van der Waals surface area (Å²) in [6.45, 7) is 0. The quantitative estimate of drug-likeness (QED) is 0.726. The van der Waals surface area contributed by atoms with Crippen molar-refractivity contribution in [1.82, 2.24) is 14.5 Å². The molecular weight excluding hydrogens is 266 g/mol. The standard InChI is InChI=1S/C12H10BrN3/c1-16-7-15-11(12(16)13)9-6-14-10-5-3-2-4-8(9)10/h2-7,14H,1H3. The number of nitrogens with zero attached hydrogens (tertiary/aromatic N) is 2. The van der Waals surface area contributed by atoms with Crippen molar-refractivity contribution < 1.29 is 0 Å². The van der Waals surface area contributed by atoms with Gasteiger partial charge in [0.15, 0.2) is 0 Å². The number of hydrogen-bond acceptors (Lipinski definition) is 1. The van der Waals surface area contributed by atoms with Crippen molar-refractivity contribution >= 4 is 26.8 Å². The zero-order valence-electron chi connectivity index (χ0n) is 8.74. The number of para-hydroxylation sites is 1. The molecule has 0 amide bonds. The highest BCUT2D eigenvalue weighted by atomic mass is 79.9. The summed E-state index contributed by atoms with van der Waals surface area (Å²) in [4.78, 5) is 7.66. The first kappa shape index (κ1) is 9.66. The molecule has 1 aromatic carbocycles. The summed E-state index contributed by atoms with van der Waals surface area (Å²) >= 11 is 3.54. The minimum absolute atomic E-state index is 0.972. The van der Waals surface area contributed by atoms with Crippen LogP contribution in [0.4, 0.5) is 0 Å². The number of halogens is 1. The predicted molar refractivity (Wildman–Crippen MR) is 68.2 cm³/mol. The molecule has 0 unspecified atom stereocenters. The average molecular weight is 276 g/mol. The molecule has 4 heteroatoms. The highest BCUT2D eigenvalue weighted by Gasteiger charge is 2.12. The van der Waals surface area contributed by atoms with Gasteiger partial charge in [0.25, 0.3) is 0 Å². The molecule has 0 saturated heterocycles. The number of hydrogen-bond donors (Lipinski definition) is 1. The summed E-state index contributed by atoms with van der Waals surface area (Å²) in [5.74, 6) is 0. The van der Waals surface area contributed by atoms with Crippen LogP contribution in [0.2, 0.25) is 0 Å². The Labute approximate surface area is 101 Å². The molecule has 2 heterocycles. The van der Waals surface area contributed by atoms with Gasteiger partial charge in [-0.3, -0.25) is 0 Å². The Morgan fingerprint density at radius 3 is 2.88 bits per heavy atom. The Bertz CT molecular complexity index is 651. The lowest BCUT2D eigenvalue weighted by Gasteiger charge is -1.97. The van der Waals surface area contributed by atoms with Gasteiger partial charge >= 0.3 is 0 Å². The van der Waals surface area contributed by atoms with Crippen LogP contribution in [0.3, 0.4) is 0 Å². The third-order valence-electron chi connectivity index (χ3n) is 2.71. The smallest absolute Gasteiger partial charge is 0.112 e. The van der Waals surface area contributed by atoms with Crippen LogP contribution in [-0.2, 0) is 7.05 Å². The Morgan fingerprint density at radius 2 is 2.12 bits per heavy atom. The van der Waals surface area contributed by atoms with Crippen molar-refractivity contribution in [3.8, 4) is 11.3 Å². The maximum absolute atomic E-state index is 4.40. The first-order valence-electron chi connectivity index (χ1n) is 5.00. The van der Waals surface area contributed by atoms with Crippen molar-refractivity contribution in [2.45, 2.75) is 0 Å². The number of aromatic amines is 1. The summed E-state index contributed by atoms with van der Waals surface area (Å²) in [5.41, 5.74) is 3.23. The minimum atomic E-state index is 0.972. The van der Waals surface area contributed by atoms with E-state index in [-0.39, 0.29) is 0 Å². The van der Waals surface area contributed by atoms with E-state index in [0.29, 0.717) is 0 Å². The van der Waals surface area contributed by atoms with Gasteiger partial charge in [0.2, 0.25) is 0 Å². The van der Waals surface area contributed by atoms with Gasteiger partial charge in [-0.15, -0.1) is 0 Å². The molecule has 0 radical (unpaired) electrons. The summed E-state index contributed by atoms with van der Waals surface area (Å²) < 4.78 is 2.95. The fourth-order valence-corrected chi connectivity index (χ4v) is 2.27. The van der Waals surface area contributed by atoms with Crippen molar-refractivity contribution in [3.05, 3.63) is 41.4 Å². The van der Waals surface area contributed by atoms with E-state index in [4.69, 9.17) is 0 Å². The van der Waals surface area contributed by atoms with Gasteiger partial charge in [-0.25, -0.2) is 4.98 Å². The van der Waals surface area contributed by atoms with E-state index in [1.807, 2.05) is 29.9 Å². The Morgan fingerprint density at radius 1 is 1.31 bits per heavy atom. The minimum Gasteiger partial charge on any atom is -0.360 e. The number of H-pyrrole nitrogens is 1. The van der Waals surface area contributed by atoms with Crippen LogP contribution in [0.1, 0.15) is 0 Å². The molecule has 0 fully saturated rings. The van der Waals surface area contributed by atoms with Crippen LogP contribution < -0.4 is 0 Å². The first-order chi connectivity index (χ1) is 7.77. The zero-order valence-corrected chi connectivity index (χ0v) is 10.3. The van der Waals surface area contributed by atoms with Gasteiger partial charge < -0.3 is 9.55 Å². The lowest BCUT2D eigenvalue weighted by atomic mass is 10.1. The van der Waals surface area contributed by atoms with Crippen LogP contribution in [0.15, 0.2) is 41.4 Å². The fourth-order valence-electron chi connectivity index (χ4n) is 1.86. The molecule has 80 valence electrons. The van der Waals surface area contributed by atoms with E-state index in [0.717, 1.165) is 21.4 Å². The molecule has 2 aromatic heterocycles. The molecular formula is C12H10BrN3. The molecule has 0 aliphatic heterocycles. The third-order valence-corrected chi connectivity index (χ3v) is 3.64. The molecule has 3 aromatic rings. The van der Waals surface area contributed by atoms with E-state index < -0.39 is 0 Å². The number of benzene rings is 1. The molecule has 0 bridgehead atoms. The van der Waals surface area contributed by atoms with E-state index >= 15 is 0 Å². The molecule has 3 nitrogen and oxygen atoms in total. The Balaban J connectivity index is 2.30. The van der Waals surface area contributed by atoms with Crippen LogP contribution in [-0.4, -0.2) is 14.5 Å². The van der Waals surface area contributed by atoms with Crippen molar-refractivity contribution in [2.75, 3.05) is 0 Å². The molecule has 16 heavy (non-hydrogen) atoms. The van der Waals surface area contributed by atoms with Crippen LogP contribution in [0.25, 0.3) is 22.2 Å². The van der Waals surface area contributed by atoms with Gasteiger partial charge in [0.1, 0.15) is 10.3 Å². The summed E-state index contributed by atoms with van der Waals surface area (Å²) in [6, 6.07) is 8.23. The van der Waals surface area contributed by atoms with Gasteiger partial charge in [0, 0.05) is 29.7 Å². The molecule has 0 spiro atoms. The maximum Gasteiger partial charge on any atom is 0.112 e. The zero-order chi connectivity index (χ0) is 11.1. The van der Waals surface area contributed by atoms with E-state index in [9.17, 15) is 0 Å². The van der Waals surface area contributed by atoms with Crippen molar-refractivity contribution in [1.29, 1.82) is 0 Å². The first-order valence-corrected chi connectivity index (χ1v) is 5.80. The molecule has 0 atom stereocenters. The SMILES string of the molecule is Cn1cnc(-c2c[nH]c3ccccc23)c1Br. The highest BCUT2D eigenvalue weighted by Crippen LogP contribution is 2.31. The summed E-state index contributed by atoms with van der Waals surface area (Å²) in [7, 11) is 1.97. The lowest BCUT2D eigenvalue weighted by molar-refractivity contribution is 0.891. The fraction of sp³-hybridized carbons (Fsp3) is 0.0833. The topological polar surface area (TPSA) is 33.6 Å². The second kappa shape index (κ2) is 3.49. The largest absolute Gasteiger partial charge is 0.360 e. The van der Waals surface area contributed by atoms with E-state index in [1.54, 1.807) is 6.33 Å². The van der Waals surface area contributed by atoms with Crippen LogP contribution in [0.5, 0.6) is 0 Å². The van der Waals surface area contributed by atoms with Gasteiger partial charge in [-0.1, -0.05) is 18.2 Å². The molecule has 0 aliphatic rings. The molecule has 0 saturated carbocycles. The lowest BCUT2D eigenvalue weighted by Crippen LogP contribution is -1.83. The molecule has 3 rings (SSSR count). The van der Waals surface area contributed by atoms with Crippen LogP contribution >= 0.6 is 15.9 Å². The number of fused-ring (bicyclic) bond motifs is 1. The number of rotatable bonds is 1. The number of imidazole rings is 1. The van der Waals surface area contributed by atoms with E-state index in [1.165, 1.54) is 5.39 Å². The maximum atomic E-state index is 4.40. The predicted octanol–water partition coefficient (Wildman–Crippen LogP) is 3.33. The third kappa shape index (κ3) is 1.30. The molecule has 1 N–H and O–H groups in total. The normalized spacial score (nSPS) is 11.1. The van der Waals surface area contributed by atoms with Crippen molar-refractivity contribution in [2.24, 2.45) is 7.05 Å². The number of aromatic nitrogens is 3. The van der Waals surface area contributed by atoms with Crippen LogP contribution in [0, 0.1) is 0 Å². The van der Waals surface area contributed by atoms with Gasteiger partial charge in [-0.05, 0) is 22.0 Å². The van der Waals surface area contributed by atoms with E-state index in [2.05, 4.69) is 38.0 Å². The molecule has 0 aliphatic carbocycles. The van der Waals surface area contributed by atoms with Gasteiger partial charge in [0.05, 0.1) is 6.33 Å². The Kier molecular flexibility index (Phi) is 2.11. The summed E-state index contributed by atoms with van der Waals surface area (Å²) in [6.07, 6.45) is 3.80. The average Bonchev–Trinajstić information content (AvgIpc) is 2.85. The second-order valence-electron chi connectivity index (χ2n) is 3.74.